The molecule has 172 valence electrons. The summed E-state index contributed by atoms with van der Waals surface area (Å²) in [6.45, 7) is 4.37. The van der Waals surface area contributed by atoms with Crippen LogP contribution in [0.5, 0.6) is 11.5 Å². The maximum atomic E-state index is 12.9. The topological polar surface area (TPSA) is 86.1 Å². The third kappa shape index (κ3) is 4.98. The van der Waals surface area contributed by atoms with Crippen LogP contribution in [0.1, 0.15) is 22.1 Å². The van der Waals surface area contributed by atoms with Gasteiger partial charge in [0.05, 0.1) is 19.3 Å². The van der Waals surface area contributed by atoms with Gasteiger partial charge in [0.1, 0.15) is 13.2 Å². The van der Waals surface area contributed by atoms with Gasteiger partial charge in [-0.25, -0.2) is 0 Å². The number of halogens is 1. The third-order valence-electron chi connectivity index (χ3n) is 5.77. The van der Waals surface area contributed by atoms with Gasteiger partial charge in [0, 0.05) is 36.3 Å². The van der Waals surface area contributed by atoms with Crippen molar-refractivity contribution in [2.45, 2.75) is 6.04 Å². The molecule has 8 nitrogen and oxygen atoms in total. The molecule has 0 saturated carbocycles. The van der Waals surface area contributed by atoms with Gasteiger partial charge in [-0.2, -0.15) is 0 Å². The van der Waals surface area contributed by atoms with Crippen LogP contribution < -0.4 is 14.8 Å². The van der Waals surface area contributed by atoms with Crippen LogP contribution in [0.4, 0.5) is 0 Å². The minimum absolute atomic E-state index is 0.000664. The molecule has 3 aromatic rings. The molecule has 2 aliphatic heterocycles. The van der Waals surface area contributed by atoms with Crippen LogP contribution in [0.3, 0.4) is 0 Å². The molecule has 1 atom stereocenters. The molecule has 3 heterocycles. The molecule has 0 spiro atoms. The Labute approximate surface area is 196 Å². The molecule has 5 rings (SSSR count). The van der Waals surface area contributed by atoms with E-state index in [0.29, 0.717) is 55.3 Å². The highest BCUT2D eigenvalue weighted by atomic mass is 35.5. The number of ether oxygens (including phenoxy) is 3. The van der Waals surface area contributed by atoms with E-state index in [9.17, 15) is 4.79 Å². The van der Waals surface area contributed by atoms with Crippen molar-refractivity contribution in [1.29, 1.82) is 0 Å². The SMILES string of the molecule is O=C(NC[C@@H](c1ccc(Cl)cc1)N1CCOCC1)c1cc(-c2ccc3c(c2)OCCO3)on1. The monoisotopic (exact) mass is 469 g/mol. The predicted octanol–water partition coefficient (Wildman–Crippen LogP) is 3.57. The summed E-state index contributed by atoms with van der Waals surface area (Å²) < 4.78 is 22.1. The summed E-state index contributed by atoms with van der Waals surface area (Å²) in [6.07, 6.45) is 0. The van der Waals surface area contributed by atoms with E-state index in [1.165, 1.54) is 0 Å². The van der Waals surface area contributed by atoms with E-state index in [0.717, 1.165) is 24.2 Å². The lowest BCUT2D eigenvalue weighted by Crippen LogP contribution is -2.43. The second-order valence-electron chi connectivity index (χ2n) is 7.86. The summed E-state index contributed by atoms with van der Waals surface area (Å²) in [6, 6.07) is 14.8. The lowest BCUT2D eigenvalue weighted by molar-refractivity contribution is 0.0162. The average Bonchev–Trinajstić information content (AvgIpc) is 3.36. The van der Waals surface area contributed by atoms with Crippen molar-refractivity contribution in [1.82, 2.24) is 15.4 Å². The average molecular weight is 470 g/mol. The second kappa shape index (κ2) is 9.82. The number of rotatable bonds is 6. The number of morpholine rings is 1. The van der Waals surface area contributed by atoms with E-state index < -0.39 is 0 Å². The van der Waals surface area contributed by atoms with E-state index in [1.807, 2.05) is 42.5 Å². The molecule has 1 amide bonds. The highest BCUT2D eigenvalue weighted by Gasteiger charge is 2.24. The Bertz CT molecular complexity index is 1110. The number of aromatic nitrogens is 1. The Kier molecular flexibility index (Phi) is 6.48. The zero-order valence-electron chi connectivity index (χ0n) is 18.0. The van der Waals surface area contributed by atoms with Crippen molar-refractivity contribution in [3.8, 4) is 22.8 Å². The molecule has 9 heteroatoms. The van der Waals surface area contributed by atoms with Crippen LogP contribution in [0, 0.1) is 0 Å². The largest absolute Gasteiger partial charge is 0.486 e. The van der Waals surface area contributed by atoms with Gasteiger partial charge in [-0.1, -0.05) is 28.9 Å². The lowest BCUT2D eigenvalue weighted by Gasteiger charge is -2.34. The fourth-order valence-corrected chi connectivity index (χ4v) is 4.15. The standard InChI is InChI=1S/C24H24ClN3O5/c25-18-4-1-16(2-5-18)20(28-7-9-30-10-8-28)15-26-24(29)19-14-22(33-27-19)17-3-6-21-23(13-17)32-12-11-31-21/h1-6,13-14,20H,7-12,15H2,(H,26,29)/t20-/m0/s1. The van der Waals surface area contributed by atoms with Crippen molar-refractivity contribution in [3.05, 3.63) is 64.8 Å². The van der Waals surface area contributed by atoms with Crippen LogP contribution >= 0.6 is 11.6 Å². The molecule has 0 bridgehead atoms. The Morgan fingerprint density at radius 1 is 1.00 bits per heavy atom. The van der Waals surface area contributed by atoms with Gasteiger partial charge < -0.3 is 24.1 Å². The molecule has 2 aliphatic rings. The van der Waals surface area contributed by atoms with Gasteiger partial charge in [-0.15, -0.1) is 0 Å². The van der Waals surface area contributed by atoms with Crippen molar-refractivity contribution in [2.24, 2.45) is 0 Å². The first-order valence-electron chi connectivity index (χ1n) is 10.9. The number of fused-ring (bicyclic) bond motifs is 1. The number of nitrogens with zero attached hydrogens (tertiary/aromatic N) is 2. The molecule has 0 unspecified atom stereocenters. The first kappa shape index (κ1) is 21.8. The molecule has 1 fully saturated rings. The zero-order chi connectivity index (χ0) is 22.6. The minimum atomic E-state index is -0.297. The van der Waals surface area contributed by atoms with Gasteiger partial charge in [0.15, 0.2) is 23.0 Å². The molecule has 0 aliphatic carbocycles. The van der Waals surface area contributed by atoms with Crippen LogP contribution in [0.25, 0.3) is 11.3 Å². The van der Waals surface area contributed by atoms with Crippen LogP contribution in [0.2, 0.25) is 5.02 Å². The predicted molar refractivity (Wildman–Crippen MR) is 122 cm³/mol. The summed E-state index contributed by atoms with van der Waals surface area (Å²) in [4.78, 5) is 15.2. The minimum Gasteiger partial charge on any atom is -0.486 e. The number of carbonyl (C=O) groups is 1. The summed E-state index contributed by atoms with van der Waals surface area (Å²) >= 11 is 6.06. The van der Waals surface area contributed by atoms with Gasteiger partial charge in [-0.05, 0) is 35.9 Å². The Morgan fingerprint density at radius 3 is 2.55 bits per heavy atom. The first-order valence-corrected chi connectivity index (χ1v) is 11.3. The number of benzene rings is 2. The Balaban J connectivity index is 1.28. The third-order valence-corrected chi connectivity index (χ3v) is 6.02. The molecule has 2 aromatic carbocycles. The fourth-order valence-electron chi connectivity index (χ4n) is 4.03. The van der Waals surface area contributed by atoms with Crippen LogP contribution in [0.15, 0.2) is 53.1 Å². The van der Waals surface area contributed by atoms with Crippen molar-refractivity contribution in [3.63, 3.8) is 0 Å². The molecular formula is C24H24ClN3O5. The number of carbonyl (C=O) groups excluding carboxylic acids is 1. The molecule has 33 heavy (non-hydrogen) atoms. The first-order chi connectivity index (χ1) is 16.2. The van der Waals surface area contributed by atoms with E-state index >= 15 is 0 Å². The van der Waals surface area contributed by atoms with Gasteiger partial charge in [-0.3, -0.25) is 9.69 Å². The maximum Gasteiger partial charge on any atom is 0.273 e. The second-order valence-corrected chi connectivity index (χ2v) is 8.30. The fraction of sp³-hybridized carbons (Fsp3) is 0.333. The molecule has 1 saturated heterocycles. The Morgan fingerprint density at radius 2 is 1.76 bits per heavy atom. The molecule has 1 aromatic heterocycles. The number of hydrogen-bond donors (Lipinski definition) is 1. The summed E-state index contributed by atoms with van der Waals surface area (Å²) in [7, 11) is 0. The van der Waals surface area contributed by atoms with Crippen LogP contribution in [-0.4, -0.2) is 62.0 Å². The van der Waals surface area contributed by atoms with Crippen molar-refractivity contribution >= 4 is 17.5 Å². The van der Waals surface area contributed by atoms with E-state index in [-0.39, 0.29) is 17.6 Å². The van der Waals surface area contributed by atoms with Crippen molar-refractivity contribution in [2.75, 3.05) is 46.1 Å². The number of hydrogen-bond acceptors (Lipinski definition) is 7. The zero-order valence-corrected chi connectivity index (χ0v) is 18.7. The summed E-state index contributed by atoms with van der Waals surface area (Å²) in [5, 5.41) is 7.65. The Hall–Kier alpha value is -3.07. The van der Waals surface area contributed by atoms with Gasteiger partial charge in [0.25, 0.3) is 5.91 Å². The quantitative estimate of drug-likeness (QED) is 0.590. The van der Waals surface area contributed by atoms with Gasteiger partial charge in [0.2, 0.25) is 0 Å². The van der Waals surface area contributed by atoms with E-state index in [2.05, 4.69) is 15.4 Å². The van der Waals surface area contributed by atoms with Crippen molar-refractivity contribution < 1.29 is 23.5 Å². The summed E-state index contributed by atoms with van der Waals surface area (Å²) in [5.74, 6) is 1.53. The number of amides is 1. The number of nitrogens with one attached hydrogen (secondary N) is 1. The highest BCUT2D eigenvalue weighted by molar-refractivity contribution is 6.30. The van der Waals surface area contributed by atoms with E-state index in [1.54, 1.807) is 6.07 Å². The molecule has 1 N–H and O–H groups in total. The molecule has 0 radical (unpaired) electrons. The summed E-state index contributed by atoms with van der Waals surface area (Å²) in [5.41, 5.74) is 2.06. The molecular weight excluding hydrogens is 446 g/mol. The lowest BCUT2D eigenvalue weighted by atomic mass is 10.0. The van der Waals surface area contributed by atoms with E-state index in [4.69, 9.17) is 30.3 Å². The van der Waals surface area contributed by atoms with Crippen LogP contribution in [-0.2, 0) is 4.74 Å². The highest BCUT2D eigenvalue weighted by Crippen LogP contribution is 2.34. The smallest absolute Gasteiger partial charge is 0.273 e. The normalized spacial score (nSPS) is 16.9. The maximum absolute atomic E-state index is 12.9. The van der Waals surface area contributed by atoms with Gasteiger partial charge >= 0.3 is 0 Å².